The quantitative estimate of drug-likeness (QED) is 0.892. The molecule has 0 fully saturated rings. The number of rotatable bonds is 4. The van der Waals surface area contributed by atoms with Gasteiger partial charge in [0.2, 0.25) is 0 Å². The molecule has 2 rings (SSSR count). The number of halogens is 3. The largest absolute Gasteiger partial charge is 0.478 e. The predicted molar refractivity (Wildman–Crippen MR) is 74.2 cm³/mol. The summed E-state index contributed by atoms with van der Waals surface area (Å²) in [6.07, 6.45) is 0.514. The molecule has 1 N–H and O–H groups in total. The second kappa shape index (κ2) is 6.10. The molecule has 0 heterocycles. The topological polar surface area (TPSA) is 46.5 Å². The van der Waals surface area contributed by atoms with Crippen LogP contribution in [0.3, 0.4) is 0 Å². The summed E-state index contributed by atoms with van der Waals surface area (Å²) in [7, 11) is 0. The molecule has 3 nitrogen and oxygen atoms in total. The molecule has 0 bridgehead atoms. The van der Waals surface area contributed by atoms with E-state index in [-0.39, 0.29) is 10.8 Å². The van der Waals surface area contributed by atoms with E-state index in [1.54, 1.807) is 0 Å². The van der Waals surface area contributed by atoms with E-state index in [0.29, 0.717) is 17.7 Å². The molecule has 0 unspecified atom stereocenters. The fourth-order valence-electron chi connectivity index (χ4n) is 1.81. The molecular formula is C15H11ClF2O3. The van der Waals surface area contributed by atoms with Gasteiger partial charge in [-0.2, -0.15) is 0 Å². The van der Waals surface area contributed by atoms with Crippen molar-refractivity contribution in [1.82, 2.24) is 0 Å². The van der Waals surface area contributed by atoms with Gasteiger partial charge in [0.25, 0.3) is 0 Å². The third-order valence-corrected chi connectivity index (χ3v) is 3.17. The molecule has 0 radical (unpaired) electrons. The molecule has 0 atom stereocenters. The number of hydrogen-bond acceptors (Lipinski definition) is 2. The zero-order valence-corrected chi connectivity index (χ0v) is 11.7. The van der Waals surface area contributed by atoms with Gasteiger partial charge in [-0.1, -0.05) is 18.5 Å². The van der Waals surface area contributed by atoms with Crippen LogP contribution in [0.4, 0.5) is 8.78 Å². The average molecular weight is 313 g/mol. The van der Waals surface area contributed by atoms with Crippen LogP contribution in [0.15, 0.2) is 30.3 Å². The zero-order chi connectivity index (χ0) is 15.6. The fourth-order valence-corrected chi connectivity index (χ4v) is 2.02. The van der Waals surface area contributed by atoms with Gasteiger partial charge >= 0.3 is 5.97 Å². The van der Waals surface area contributed by atoms with E-state index in [4.69, 9.17) is 21.4 Å². The molecule has 6 heteroatoms. The SMILES string of the molecule is CCc1cc(F)ccc1Oc1cc(F)c(C(=O)O)cc1Cl. The maximum absolute atomic E-state index is 13.7. The number of carboxylic acids is 1. The number of carboxylic acid groups (broad SMARTS) is 1. The van der Waals surface area contributed by atoms with Crippen LogP contribution < -0.4 is 4.74 Å². The maximum atomic E-state index is 13.7. The summed E-state index contributed by atoms with van der Waals surface area (Å²) in [6, 6.07) is 5.81. The summed E-state index contributed by atoms with van der Waals surface area (Å²) >= 11 is 5.89. The first-order valence-corrected chi connectivity index (χ1v) is 6.48. The summed E-state index contributed by atoms with van der Waals surface area (Å²) in [4.78, 5) is 10.8. The van der Waals surface area contributed by atoms with Crippen LogP contribution >= 0.6 is 11.6 Å². The van der Waals surface area contributed by atoms with E-state index < -0.39 is 23.2 Å². The Balaban J connectivity index is 2.41. The molecule has 0 saturated heterocycles. The van der Waals surface area contributed by atoms with Gasteiger partial charge in [0, 0.05) is 6.07 Å². The molecular weight excluding hydrogens is 302 g/mol. The first kappa shape index (κ1) is 15.3. The Hall–Kier alpha value is -2.14. The number of benzene rings is 2. The van der Waals surface area contributed by atoms with Crippen molar-refractivity contribution >= 4 is 17.6 Å². The summed E-state index contributed by atoms with van der Waals surface area (Å²) in [5, 5.41) is 8.76. The third kappa shape index (κ3) is 3.31. The highest BCUT2D eigenvalue weighted by Gasteiger charge is 2.16. The molecule has 0 aromatic heterocycles. The molecule has 2 aromatic carbocycles. The zero-order valence-electron chi connectivity index (χ0n) is 11.0. The smallest absolute Gasteiger partial charge is 0.338 e. The Labute approximate surface area is 124 Å². The molecule has 0 amide bonds. The van der Waals surface area contributed by atoms with Crippen molar-refractivity contribution in [3.8, 4) is 11.5 Å². The Morgan fingerprint density at radius 3 is 2.57 bits per heavy atom. The van der Waals surface area contributed by atoms with Gasteiger partial charge in [-0.25, -0.2) is 13.6 Å². The lowest BCUT2D eigenvalue weighted by Gasteiger charge is -2.12. The van der Waals surface area contributed by atoms with Crippen molar-refractivity contribution in [2.45, 2.75) is 13.3 Å². The van der Waals surface area contributed by atoms with Crippen LogP contribution in [0.5, 0.6) is 11.5 Å². The molecule has 0 aliphatic heterocycles. The Morgan fingerprint density at radius 1 is 1.24 bits per heavy atom. The number of carbonyl (C=O) groups is 1. The van der Waals surface area contributed by atoms with Crippen LogP contribution in [0.25, 0.3) is 0 Å². The first-order valence-electron chi connectivity index (χ1n) is 6.11. The van der Waals surface area contributed by atoms with Crippen molar-refractivity contribution in [3.05, 3.63) is 58.1 Å². The lowest BCUT2D eigenvalue weighted by molar-refractivity contribution is 0.0692. The minimum atomic E-state index is -1.42. The van der Waals surface area contributed by atoms with E-state index in [9.17, 15) is 13.6 Å². The highest BCUT2D eigenvalue weighted by atomic mass is 35.5. The van der Waals surface area contributed by atoms with Crippen molar-refractivity contribution < 1.29 is 23.4 Å². The van der Waals surface area contributed by atoms with E-state index in [0.717, 1.165) is 12.1 Å². The highest BCUT2D eigenvalue weighted by molar-refractivity contribution is 6.32. The predicted octanol–water partition coefficient (Wildman–Crippen LogP) is 4.67. The van der Waals surface area contributed by atoms with Gasteiger partial charge in [-0.15, -0.1) is 0 Å². The standard InChI is InChI=1S/C15H11ClF2O3/c1-2-8-5-9(17)3-4-13(8)21-14-7-12(18)10(15(19)20)6-11(14)16/h3-7H,2H2,1H3,(H,19,20). The van der Waals surface area contributed by atoms with Crippen LogP contribution in [0, 0.1) is 11.6 Å². The average Bonchev–Trinajstić information content (AvgIpc) is 2.43. The van der Waals surface area contributed by atoms with Crippen LogP contribution in [-0.2, 0) is 6.42 Å². The summed E-state index contributed by atoms with van der Waals surface area (Å²) in [5.74, 6) is -2.47. The number of aryl methyl sites for hydroxylation is 1. The normalized spacial score (nSPS) is 10.5. The Kier molecular flexibility index (Phi) is 4.43. The van der Waals surface area contributed by atoms with Crippen molar-refractivity contribution in [3.63, 3.8) is 0 Å². The van der Waals surface area contributed by atoms with Gasteiger partial charge in [0.1, 0.15) is 23.1 Å². The monoisotopic (exact) mass is 312 g/mol. The molecule has 0 aliphatic carbocycles. The van der Waals surface area contributed by atoms with Crippen molar-refractivity contribution in [2.75, 3.05) is 0 Å². The van der Waals surface area contributed by atoms with Crippen molar-refractivity contribution in [2.24, 2.45) is 0 Å². The second-order valence-corrected chi connectivity index (χ2v) is 4.68. The van der Waals surface area contributed by atoms with E-state index in [1.165, 1.54) is 18.2 Å². The van der Waals surface area contributed by atoms with Crippen molar-refractivity contribution in [1.29, 1.82) is 0 Å². The maximum Gasteiger partial charge on any atom is 0.338 e. The molecule has 21 heavy (non-hydrogen) atoms. The van der Waals surface area contributed by atoms with Crippen LogP contribution in [-0.4, -0.2) is 11.1 Å². The molecule has 0 aliphatic rings. The fraction of sp³-hybridized carbons (Fsp3) is 0.133. The minimum Gasteiger partial charge on any atom is -0.478 e. The summed E-state index contributed by atoms with van der Waals surface area (Å²) < 4.78 is 32.3. The Bertz CT molecular complexity index is 702. The molecule has 2 aromatic rings. The molecule has 110 valence electrons. The van der Waals surface area contributed by atoms with E-state index >= 15 is 0 Å². The highest BCUT2D eigenvalue weighted by Crippen LogP contribution is 2.33. The van der Waals surface area contributed by atoms with E-state index in [1.807, 2.05) is 6.92 Å². The van der Waals surface area contributed by atoms with Gasteiger partial charge in [-0.05, 0) is 36.2 Å². The number of ether oxygens (including phenoxy) is 1. The van der Waals surface area contributed by atoms with Gasteiger partial charge in [0.15, 0.2) is 0 Å². The summed E-state index contributed by atoms with van der Waals surface area (Å²) in [6.45, 7) is 1.82. The molecule has 0 spiro atoms. The number of aromatic carboxylic acids is 1. The van der Waals surface area contributed by atoms with Crippen LogP contribution in [0.2, 0.25) is 5.02 Å². The number of hydrogen-bond donors (Lipinski definition) is 1. The third-order valence-electron chi connectivity index (χ3n) is 2.88. The summed E-state index contributed by atoms with van der Waals surface area (Å²) in [5.41, 5.74) is 0.0518. The second-order valence-electron chi connectivity index (χ2n) is 4.28. The van der Waals surface area contributed by atoms with Crippen LogP contribution in [0.1, 0.15) is 22.8 Å². The minimum absolute atomic E-state index is 0.0273. The lowest BCUT2D eigenvalue weighted by atomic mass is 10.1. The van der Waals surface area contributed by atoms with E-state index in [2.05, 4.69) is 0 Å². The van der Waals surface area contributed by atoms with Gasteiger partial charge in [-0.3, -0.25) is 0 Å². The van der Waals surface area contributed by atoms with Gasteiger partial charge in [0.05, 0.1) is 10.6 Å². The van der Waals surface area contributed by atoms with Gasteiger partial charge < -0.3 is 9.84 Å². The first-order chi connectivity index (χ1) is 9.92. The Morgan fingerprint density at radius 2 is 1.95 bits per heavy atom. The lowest BCUT2D eigenvalue weighted by Crippen LogP contribution is -2.01. The molecule has 0 saturated carbocycles.